The smallest absolute Gasteiger partial charge is 0.227 e. The van der Waals surface area contributed by atoms with Gasteiger partial charge in [0.2, 0.25) is 11.8 Å². The van der Waals surface area contributed by atoms with Gasteiger partial charge in [-0.3, -0.25) is 9.59 Å². The molecule has 0 radical (unpaired) electrons. The summed E-state index contributed by atoms with van der Waals surface area (Å²) in [5, 5.41) is 2.86. The second-order valence-corrected chi connectivity index (χ2v) is 7.09. The molecule has 26 heavy (non-hydrogen) atoms. The first-order valence-electron chi connectivity index (χ1n) is 8.58. The lowest BCUT2D eigenvalue weighted by molar-refractivity contribution is -0.125. The van der Waals surface area contributed by atoms with Crippen molar-refractivity contribution in [3.05, 3.63) is 58.1 Å². The number of fused-ring (bicyclic) bond motifs is 1. The molecule has 1 aliphatic rings. The third kappa shape index (κ3) is 4.43. The van der Waals surface area contributed by atoms with Gasteiger partial charge in [0.25, 0.3) is 0 Å². The third-order valence-electron chi connectivity index (χ3n) is 4.28. The summed E-state index contributed by atoms with van der Waals surface area (Å²) in [5.74, 6) is 0.525. The minimum Gasteiger partial charge on any atom is -0.490 e. The Morgan fingerprint density at radius 1 is 1.19 bits per heavy atom. The summed E-state index contributed by atoms with van der Waals surface area (Å²) in [6.07, 6.45) is 0.344. The van der Waals surface area contributed by atoms with Crippen molar-refractivity contribution in [2.24, 2.45) is 0 Å². The number of carbonyl (C=O) groups excluding carboxylic acids is 2. The number of aryl methyl sites for hydroxylation is 1. The lowest BCUT2D eigenvalue weighted by atomic mass is 10.1. The van der Waals surface area contributed by atoms with Crippen LogP contribution in [0.2, 0.25) is 0 Å². The van der Waals surface area contributed by atoms with Crippen LogP contribution in [-0.4, -0.2) is 25.0 Å². The van der Waals surface area contributed by atoms with Crippen LogP contribution in [0.1, 0.15) is 24.0 Å². The van der Waals surface area contributed by atoms with Gasteiger partial charge in [-0.05, 0) is 36.2 Å². The highest BCUT2D eigenvalue weighted by molar-refractivity contribution is 9.10. The second-order valence-electron chi connectivity index (χ2n) is 6.23. The maximum Gasteiger partial charge on any atom is 0.227 e. The molecule has 5 nitrogen and oxygen atoms in total. The Morgan fingerprint density at radius 3 is 2.81 bits per heavy atom. The van der Waals surface area contributed by atoms with Gasteiger partial charge < -0.3 is 15.0 Å². The quantitative estimate of drug-likeness (QED) is 0.809. The molecule has 2 aromatic carbocycles. The van der Waals surface area contributed by atoms with Crippen LogP contribution >= 0.6 is 15.9 Å². The summed E-state index contributed by atoms with van der Waals surface area (Å²) in [6.45, 7) is 3.39. The summed E-state index contributed by atoms with van der Waals surface area (Å²) < 4.78 is 6.56. The second kappa shape index (κ2) is 8.36. The zero-order valence-electron chi connectivity index (χ0n) is 14.6. The standard InChI is InChI=1S/C20H21BrN2O3/c1-14-6-7-18-17(12-14)23(10-11-26-18)20(25)9-8-19(24)22-13-15-4-2-3-5-16(15)21/h2-7,12H,8-11,13H2,1H3,(H,22,24). The van der Waals surface area contributed by atoms with Crippen molar-refractivity contribution in [2.45, 2.75) is 26.3 Å². The van der Waals surface area contributed by atoms with E-state index >= 15 is 0 Å². The van der Waals surface area contributed by atoms with Gasteiger partial charge in [-0.25, -0.2) is 0 Å². The van der Waals surface area contributed by atoms with Crippen molar-refractivity contribution in [2.75, 3.05) is 18.1 Å². The predicted octanol–water partition coefficient (Wildman–Crippen LogP) is 3.58. The summed E-state index contributed by atoms with van der Waals surface area (Å²) in [5.41, 5.74) is 2.86. The molecule has 0 unspecified atom stereocenters. The molecule has 2 aromatic rings. The molecule has 1 N–H and O–H groups in total. The zero-order chi connectivity index (χ0) is 18.5. The van der Waals surface area contributed by atoms with Crippen LogP contribution in [-0.2, 0) is 16.1 Å². The van der Waals surface area contributed by atoms with Gasteiger partial charge >= 0.3 is 0 Å². The molecule has 0 atom stereocenters. The number of ether oxygens (including phenoxy) is 1. The number of halogens is 1. The first-order valence-corrected chi connectivity index (χ1v) is 9.38. The van der Waals surface area contributed by atoms with Gasteiger partial charge in [0.1, 0.15) is 12.4 Å². The Hall–Kier alpha value is -2.34. The Labute approximate surface area is 161 Å². The molecule has 0 fully saturated rings. The monoisotopic (exact) mass is 416 g/mol. The number of nitrogens with zero attached hydrogens (tertiary/aromatic N) is 1. The van der Waals surface area contributed by atoms with E-state index in [-0.39, 0.29) is 24.7 Å². The average Bonchev–Trinajstić information content (AvgIpc) is 2.65. The summed E-state index contributed by atoms with van der Waals surface area (Å²) in [6, 6.07) is 13.5. The molecule has 0 saturated carbocycles. The first-order chi connectivity index (χ1) is 12.5. The zero-order valence-corrected chi connectivity index (χ0v) is 16.2. The molecule has 3 rings (SSSR count). The Kier molecular flexibility index (Phi) is 5.93. The molecule has 2 amide bonds. The van der Waals surface area contributed by atoms with Crippen molar-refractivity contribution < 1.29 is 14.3 Å². The van der Waals surface area contributed by atoms with Crippen LogP contribution in [0.5, 0.6) is 5.75 Å². The van der Waals surface area contributed by atoms with Gasteiger partial charge in [-0.1, -0.05) is 40.2 Å². The number of anilines is 1. The van der Waals surface area contributed by atoms with Crippen LogP contribution in [0.15, 0.2) is 46.9 Å². The first kappa shape index (κ1) is 18.5. The predicted molar refractivity (Wildman–Crippen MR) is 104 cm³/mol. The van der Waals surface area contributed by atoms with E-state index < -0.39 is 0 Å². The highest BCUT2D eigenvalue weighted by Crippen LogP contribution is 2.32. The SMILES string of the molecule is Cc1ccc2c(c1)N(C(=O)CCC(=O)NCc1ccccc1Br)CCO2. The van der Waals surface area contributed by atoms with E-state index in [0.717, 1.165) is 21.3 Å². The molecule has 1 heterocycles. The number of benzene rings is 2. The molecular formula is C20H21BrN2O3. The normalized spacial score (nSPS) is 12.9. The number of nitrogens with one attached hydrogen (secondary N) is 1. The molecule has 0 bridgehead atoms. The summed E-state index contributed by atoms with van der Waals surface area (Å²) in [7, 11) is 0. The molecule has 0 spiro atoms. The molecule has 0 saturated heterocycles. The van der Waals surface area contributed by atoms with E-state index in [0.29, 0.717) is 25.4 Å². The highest BCUT2D eigenvalue weighted by atomic mass is 79.9. The Morgan fingerprint density at radius 2 is 2.00 bits per heavy atom. The molecule has 6 heteroatoms. The summed E-state index contributed by atoms with van der Waals surface area (Å²) in [4.78, 5) is 26.4. The van der Waals surface area contributed by atoms with Crippen molar-refractivity contribution in [1.82, 2.24) is 5.32 Å². The minimum atomic E-state index is -0.133. The van der Waals surface area contributed by atoms with Crippen LogP contribution in [0, 0.1) is 6.92 Å². The van der Waals surface area contributed by atoms with E-state index in [2.05, 4.69) is 21.2 Å². The fourth-order valence-electron chi connectivity index (χ4n) is 2.87. The van der Waals surface area contributed by atoms with E-state index in [4.69, 9.17) is 4.74 Å². The van der Waals surface area contributed by atoms with Crippen molar-refractivity contribution in [3.63, 3.8) is 0 Å². The topological polar surface area (TPSA) is 58.6 Å². The maximum absolute atomic E-state index is 12.6. The fourth-order valence-corrected chi connectivity index (χ4v) is 3.29. The van der Waals surface area contributed by atoms with Crippen LogP contribution in [0.25, 0.3) is 0 Å². The molecule has 0 aliphatic carbocycles. The number of hydrogen-bond donors (Lipinski definition) is 1. The van der Waals surface area contributed by atoms with Crippen molar-refractivity contribution >= 4 is 33.4 Å². The van der Waals surface area contributed by atoms with Crippen molar-refractivity contribution in [1.29, 1.82) is 0 Å². The van der Waals surface area contributed by atoms with Crippen molar-refractivity contribution in [3.8, 4) is 5.75 Å². The van der Waals surface area contributed by atoms with E-state index in [1.54, 1.807) is 4.90 Å². The van der Waals surface area contributed by atoms with Gasteiger partial charge in [0.05, 0.1) is 12.2 Å². The van der Waals surface area contributed by atoms with Crippen LogP contribution in [0.4, 0.5) is 5.69 Å². The fraction of sp³-hybridized carbons (Fsp3) is 0.300. The Balaban J connectivity index is 1.54. The number of carbonyl (C=O) groups is 2. The molecule has 0 aromatic heterocycles. The van der Waals surface area contributed by atoms with Gasteiger partial charge in [0, 0.05) is 23.9 Å². The number of rotatable bonds is 5. The maximum atomic E-state index is 12.6. The lowest BCUT2D eigenvalue weighted by Gasteiger charge is -2.30. The highest BCUT2D eigenvalue weighted by Gasteiger charge is 2.24. The molecule has 1 aliphatic heterocycles. The average molecular weight is 417 g/mol. The molecular weight excluding hydrogens is 396 g/mol. The minimum absolute atomic E-state index is 0.0591. The lowest BCUT2D eigenvalue weighted by Crippen LogP contribution is -2.38. The largest absolute Gasteiger partial charge is 0.490 e. The van der Waals surface area contributed by atoms with Crippen LogP contribution < -0.4 is 15.0 Å². The van der Waals surface area contributed by atoms with E-state index in [1.165, 1.54) is 0 Å². The Bertz CT molecular complexity index is 822. The van der Waals surface area contributed by atoms with E-state index in [1.807, 2.05) is 49.4 Å². The summed E-state index contributed by atoms with van der Waals surface area (Å²) >= 11 is 3.46. The van der Waals surface area contributed by atoms with Gasteiger partial charge in [-0.15, -0.1) is 0 Å². The molecule has 136 valence electrons. The number of amides is 2. The van der Waals surface area contributed by atoms with Gasteiger partial charge in [-0.2, -0.15) is 0 Å². The number of hydrogen-bond acceptors (Lipinski definition) is 3. The van der Waals surface area contributed by atoms with Gasteiger partial charge in [0.15, 0.2) is 0 Å². The van der Waals surface area contributed by atoms with Crippen LogP contribution in [0.3, 0.4) is 0 Å². The van der Waals surface area contributed by atoms with E-state index in [9.17, 15) is 9.59 Å². The third-order valence-corrected chi connectivity index (χ3v) is 5.05.